The van der Waals surface area contributed by atoms with Gasteiger partial charge in [-0.25, -0.2) is 0 Å². The number of methoxy groups -OCH3 is 2. The molecule has 0 spiro atoms. The Bertz CT molecular complexity index is 2350. The normalized spacial score (nSPS) is 14.9. The predicted octanol–water partition coefficient (Wildman–Crippen LogP) is 7.19. The summed E-state index contributed by atoms with van der Waals surface area (Å²) >= 11 is 0. The van der Waals surface area contributed by atoms with Gasteiger partial charge in [-0.15, -0.1) is 0 Å². The minimum atomic E-state index is -0.350. The third-order valence-corrected chi connectivity index (χ3v) is 10.2. The van der Waals surface area contributed by atoms with Gasteiger partial charge in [0.25, 0.3) is 0 Å². The minimum absolute atomic E-state index is 0.113. The fourth-order valence-electron chi connectivity index (χ4n) is 7.13. The zero-order valence-electron chi connectivity index (χ0n) is 32.2. The van der Waals surface area contributed by atoms with Gasteiger partial charge in [0.05, 0.1) is 27.4 Å². The SMILES string of the molecule is COc1cc(CO)c(C2=CCN(C)CC2)c(O)c1C(=O)/C=C/c1ccccc1.COc1cc(CO)c(C2=CCN(C)CC2)c2oc(-c3ccccc3)cc(=O)c12. The van der Waals surface area contributed by atoms with Crippen LogP contribution in [0.3, 0.4) is 0 Å². The molecule has 3 N–H and O–H groups in total. The van der Waals surface area contributed by atoms with E-state index in [2.05, 4.69) is 22.9 Å². The van der Waals surface area contributed by atoms with Crippen molar-refractivity contribution in [2.45, 2.75) is 26.1 Å². The molecule has 0 unspecified atom stereocenters. The van der Waals surface area contributed by atoms with E-state index in [1.54, 1.807) is 18.2 Å². The quantitative estimate of drug-likeness (QED) is 0.0994. The number of aliphatic hydroxyl groups is 2. The number of carbonyl (C=O) groups is 1. The Morgan fingerprint density at radius 3 is 1.89 bits per heavy atom. The van der Waals surface area contributed by atoms with Crippen molar-refractivity contribution in [3.63, 3.8) is 0 Å². The van der Waals surface area contributed by atoms with E-state index in [4.69, 9.17) is 13.9 Å². The number of hydrogen-bond donors (Lipinski definition) is 3. The highest BCUT2D eigenvalue weighted by Gasteiger charge is 2.26. The van der Waals surface area contributed by atoms with E-state index in [-0.39, 0.29) is 41.5 Å². The summed E-state index contributed by atoms with van der Waals surface area (Å²) in [7, 11) is 7.06. The number of carbonyl (C=O) groups excluding carboxylic acids is 1. The van der Waals surface area contributed by atoms with Gasteiger partial charge in [-0.05, 0) is 73.0 Å². The van der Waals surface area contributed by atoms with Crippen LogP contribution in [-0.4, -0.2) is 85.4 Å². The summed E-state index contributed by atoms with van der Waals surface area (Å²) in [6.45, 7) is 2.92. The molecule has 0 bridgehead atoms. The van der Waals surface area contributed by atoms with Crippen LogP contribution in [0.2, 0.25) is 0 Å². The number of phenols is 1. The number of ketones is 1. The standard InChI is InChI=1S/C23H23NO4.C23H25NO4/c1-24-10-8-16(9-11-24)21-17(14-25)12-20(27-2)22-18(26)13-19(28-23(21)22)15-6-4-3-5-7-15;1-24-12-10-17(11-13-24)21-18(15-25)14-20(28-2)22(23(21)27)19(26)9-8-16-6-4-3-5-7-16/h3-8,12-13,25H,9-11,14H2,1-2H3;3-10,14,25,27H,11-13,15H2,1-2H3/b;9-8+. The highest BCUT2D eigenvalue weighted by atomic mass is 16.5. The molecule has 56 heavy (non-hydrogen) atoms. The molecule has 0 fully saturated rings. The van der Waals surface area contributed by atoms with Crippen molar-refractivity contribution in [1.29, 1.82) is 0 Å². The first-order chi connectivity index (χ1) is 27.2. The van der Waals surface area contributed by atoms with E-state index in [0.717, 1.165) is 66.9 Å². The van der Waals surface area contributed by atoms with Gasteiger partial charge in [0.1, 0.15) is 39.5 Å². The topological polar surface area (TPSA) is 133 Å². The number of rotatable bonds is 10. The zero-order chi connectivity index (χ0) is 39.8. The predicted molar refractivity (Wildman–Crippen MR) is 221 cm³/mol. The van der Waals surface area contributed by atoms with Gasteiger partial charge in [-0.1, -0.05) is 78.9 Å². The molecule has 1 aromatic heterocycles. The molecule has 0 aliphatic carbocycles. The molecule has 3 heterocycles. The van der Waals surface area contributed by atoms with Gasteiger partial charge >= 0.3 is 0 Å². The molecule has 10 heteroatoms. The first kappa shape index (κ1) is 39.9. The molecule has 5 aromatic rings. The van der Waals surface area contributed by atoms with E-state index >= 15 is 0 Å². The lowest BCUT2D eigenvalue weighted by atomic mass is 9.90. The van der Waals surface area contributed by atoms with Crippen molar-refractivity contribution in [2.75, 3.05) is 54.5 Å². The summed E-state index contributed by atoms with van der Waals surface area (Å²) < 4.78 is 17.1. The Labute approximate surface area is 326 Å². The lowest BCUT2D eigenvalue weighted by Gasteiger charge is -2.25. The summed E-state index contributed by atoms with van der Waals surface area (Å²) in [5.41, 5.74) is 6.77. The molecule has 4 aromatic carbocycles. The van der Waals surface area contributed by atoms with Gasteiger partial charge in [0.2, 0.25) is 0 Å². The Hall–Kier alpha value is -5.78. The molecule has 2 aliphatic rings. The number of nitrogens with zero attached hydrogens (tertiary/aromatic N) is 2. The maximum atomic E-state index is 13.0. The number of allylic oxidation sites excluding steroid dienone is 1. The van der Waals surface area contributed by atoms with Crippen LogP contribution in [0.25, 0.3) is 39.5 Å². The van der Waals surface area contributed by atoms with E-state index in [1.165, 1.54) is 26.4 Å². The van der Waals surface area contributed by atoms with Crippen molar-refractivity contribution in [3.8, 4) is 28.6 Å². The molecule has 10 nitrogen and oxygen atoms in total. The number of likely N-dealkylation sites (N-methyl/N-ethyl adjacent to an activating group) is 2. The van der Waals surface area contributed by atoms with Crippen LogP contribution >= 0.6 is 0 Å². The average Bonchev–Trinajstić information content (AvgIpc) is 3.23. The van der Waals surface area contributed by atoms with Crippen LogP contribution in [0.15, 0.2) is 106 Å². The maximum Gasteiger partial charge on any atom is 0.197 e. The summed E-state index contributed by atoms with van der Waals surface area (Å²) in [6, 6.07) is 23.9. The molecule has 0 saturated carbocycles. The van der Waals surface area contributed by atoms with E-state index < -0.39 is 0 Å². The molecular formula is C46H48N2O8. The first-order valence-electron chi connectivity index (χ1n) is 18.6. The zero-order valence-corrected chi connectivity index (χ0v) is 32.2. The summed E-state index contributed by atoms with van der Waals surface area (Å²) in [4.78, 5) is 30.3. The van der Waals surface area contributed by atoms with E-state index in [9.17, 15) is 24.9 Å². The van der Waals surface area contributed by atoms with Gasteiger partial charge in [-0.3, -0.25) is 9.59 Å². The van der Waals surface area contributed by atoms with Crippen LogP contribution in [-0.2, 0) is 13.2 Å². The second kappa shape index (κ2) is 18.2. The van der Waals surface area contributed by atoms with Crippen molar-refractivity contribution >= 4 is 34.0 Å². The average molecular weight is 757 g/mol. The summed E-state index contributed by atoms with van der Waals surface area (Å²) in [5.74, 6) is 0.690. The highest BCUT2D eigenvalue weighted by molar-refractivity contribution is 6.11. The van der Waals surface area contributed by atoms with Crippen LogP contribution < -0.4 is 14.9 Å². The largest absolute Gasteiger partial charge is 0.506 e. The lowest BCUT2D eigenvalue weighted by molar-refractivity contribution is 0.104. The van der Waals surface area contributed by atoms with Crippen LogP contribution in [0.5, 0.6) is 17.2 Å². The smallest absolute Gasteiger partial charge is 0.197 e. The van der Waals surface area contributed by atoms with E-state index in [0.29, 0.717) is 39.2 Å². The van der Waals surface area contributed by atoms with Crippen molar-refractivity contribution in [1.82, 2.24) is 9.80 Å². The number of aliphatic hydroxyl groups excluding tert-OH is 2. The Kier molecular flexibility index (Phi) is 13.0. The van der Waals surface area contributed by atoms with Crippen molar-refractivity contribution in [3.05, 3.63) is 141 Å². The highest BCUT2D eigenvalue weighted by Crippen LogP contribution is 2.41. The van der Waals surface area contributed by atoms with Crippen LogP contribution in [0, 0.1) is 0 Å². The van der Waals surface area contributed by atoms with Gasteiger partial charge in [0, 0.05) is 48.9 Å². The summed E-state index contributed by atoms with van der Waals surface area (Å²) in [5, 5.41) is 31.3. The fraction of sp³-hybridized carbons (Fsp3) is 0.261. The molecule has 0 radical (unpaired) electrons. The van der Waals surface area contributed by atoms with Crippen LogP contribution in [0.1, 0.15) is 51.0 Å². The Balaban J connectivity index is 0.000000190. The number of aromatic hydroxyl groups is 1. The molecular weight excluding hydrogens is 709 g/mol. The number of benzene rings is 4. The Morgan fingerprint density at radius 2 is 1.34 bits per heavy atom. The third-order valence-electron chi connectivity index (χ3n) is 10.2. The second-order valence-corrected chi connectivity index (χ2v) is 13.9. The molecule has 0 atom stereocenters. The number of phenolic OH excluding ortho intramolecular Hbond substituents is 1. The van der Waals surface area contributed by atoms with Crippen molar-refractivity contribution in [2.24, 2.45) is 0 Å². The molecule has 7 rings (SSSR count). The van der Waals surface area contributed by atoms with Crippen LogP contribution in [0.4, 0.5) is 0 Å². The summed E-state index contributed by atoms with van der Waals surface area (Å²) in [6.07, 6.45) is 8.85. The van der Waals surface area contributed by atoms with E-state index in [1.807, 2.05) is 73.8 Å². The fourth-order valence-corrected chi connectivity index (χ4v) is 7.13. The second-order valence-electron chi connectivity index (χ2n) is 13.9. The van der Waals surface area contributed by atoms with Gasteiger partial charge in [0.15, 0.2) is 11.2 Å². The van der Waals surface area contributed by atoms with Gasteiger partial charge in [-0.2, -0.15) is 0 Å². The molecule has 0 amide bonds. The number of hydrogen-bond acceptors (Lipinski definition) is 10. The lowest BCUT2D eigenvalue weighted by Crippen LogP contribution is -2.24. The Morgan fingerprint density at radius 1 is 0.786 bits per heavy atom. The maximum absolute atomic E-state index is 13.0. The molecule has 0 saturated heterocycles. The molecule has 2 aliphatic heterocycles. The third kappa shape index (κ3) is 8.69. The minimum Gasteiger partial charge on any atom is -0.506 e. The van der Waals surface area contributed by atoms with Crippen molar-refractivity contribution < 1.29 is 34.0 Å². The van der Waals surface area contributed by atoms with Gasteiger partial charge < -0.3 is 39.0 Å². The number of fused-ring (bicyclic) bond motifs is 1. The first-order valence-corrected chi connectivity index (χ1v) is 18.6. The molecule has 290 valence electrons. The monoisotopic (exact) mass is 756 g/mol. The number of ether oxygens (including phenoxy) is 2.